The van der Waals surface area contributed by atoms with Gasteiger partial charge in [0.1, 0.15) is 11.5 Å². The fraction of sp³-hybridized carbons (Fsp3) is 0.692. The van der Waals surface area contributed by atoms with Crippen LogP contribution in [0.1, 0.15) is 30.4 Å². The smallest absolute Gasteiger partial charge is 0.401 e. The van der Waals surface area contributed by atoms with Gasteiger partial charge in [0, 0.05) is 0 Å². The number of halogens is 3. The van der Waals surface area contributed by atoms with Gasteiger partial charge in [-0.25, -0.2) is 0 Å². The maximum absolute atomic E-state index is 12.2. The molecule has 0 aromatic carbocycles. The van der Waals surface area contributed by atoms with E-state index in [-0.39, 0.29) is 6.54 Å². The van der Waals surface area contributed by atoms with E-state index >= 15 is 0 Å². The Morgan fingerprint density at radius 2 is 2.05 bits per heavy atom. The molecule has 19 heavy (non-hydrogen) atoms. The average Bonchev–Trinajstić information content (AvgIpc) is 2.56. The van der Waals surface area contributed by atoms with Crippen molar-refractivity contribution in [1.29, 1.82) is 0 Å². The Morgan fingerprint density at radius 3 is 2.63 bits per heavy atom. The van der Waals surface area contributed by atoms with Crippen LogP contribution in [0.15, 0.2) is 10.5 Å². The molecule has 0 bridgehead atoms. The molecule has 0 aliphatic rings. The Labute approximate surface area is 111 Å². The van der Waals surface area contributed by atoms with Gasteiger partial charge in [-0.05, 0) is 38.6 Å². The molecular formula is C13H21F3N2O. The summed E-state index contributed by atoms with van der Waals surface area (Å²) in [5, 5.41) is 3.21. The summed E-state index contributed by atoms with van der Waals surface area (Å²) in [7, 11) is 1.43. The molecule has 0 amide bonds. The van der Waals surface area contributed by atoms with Crippen LogP contribution in [0.2, 0.25) is 0 Å². The van der Waals surface area contributed by atoms with Gasteiger partial charge in [0.05, 0.1) is 19.6 Å². The summed E-state index contributed by atoms with van der Waals surface area (Å²) < 4.78 is 42.2. The first-order chi connectivity index (χ1) is 8.81. The summed E-state index contributed by atoms with van der Waals surface area (Å²) in [6, 6.07) is 1.80. The second-order valence-electron chi connectivity index (χ2n) is 4.78. The lowest BCUT2D eigenvalue weighted by molar-refractivity contribution is -0.144. The molecular weight excluding hydrogens is 257 g/mol. The van der Waals surface area contributed by atoms with Crippen LogP contribution in [0.25, 0.3) is 0 Å². The number of hydrogen-bond donors (Lipinski definition) is 1. The van der Waals surface area contributed by atoms with Crippen LogP contribution < -0.4 is 5.32 Å². The second kappa shape index (κ2) is 6.96. The van der Waals surface area contributed by atoms with Gasteiger partial charge in [0.25, 0.3) is 0 Å². The number of nitrogens with zero attached hydrogens (tertiary/aromatic N) is 1. The van der Waals surface area contributed by atoms with E-state index in [9.17, 15) is 13.2 Å². The molecule has 0 aliphatic carbocycles. The summed E-state index contributed by atoms with van der Waals surface area (Å²) in [6.07, 6.45) is -3.15. The van der Waals surface area contributed by atoms with Crippen LogP contribution in [-0.4, -0.2) is 31.2 Å². The van der Waals surface area contributed by atoms with Gasteiger partial charge >= 0.3 is 6.18 Å². The van der Waals surface area contributed by atoms with Crippen molar-refractivity contribution in [3.05, 3.63) is 23.2 Å². The van der Waals surface area contributed by atoms with Crippen molar-refractivity contribution in [2.75, 3.05) is 20.1 Å². The molecule has 1 aromatic heterocycles. The maximum atomic E-state index is 12.2. The topological polar surface area (TPSA) is 28.4 Å². The second-order valence-corrected chi connectivity index (χ2v) is 4.78. The standard InChI is InChI=1S/C13H21F3N2O/c1-4-5-17-7-12-10(2)6-11(19-12)8-18(3)9-13(14,15)16/h6,17H,4-5,7-9H2,1-3H3. The van der Waals surface area contributed by atoms with Crippen molar-refractivity contribution in [1.82, 2.24) is 10.2 Å². The Hall–Kier alpha value is -1.01. The van der Waals surface area contributed by atoms with Gasteiger partial charge in [-0.1, -0.05) is 6.92 Å². The zero-order valence-corrected chi connectivity index (χ0v) is 11.6. The minimum Gasteiger partial charge on any atom is -0.463 e. The van der Waals surface area contributed by atoms with Crippen molar-refractivity contribution in [3.63, 3.8) is 0 Å². The van der Waals surface area contributed by atoms with E-state index in [1.807, 2.05) is 6.92 Å². The van der Waals surface area contributed by atoms with Gasteiger partial charge in [-0.3, -0.25) is 4.90 Å². The third-order valence-corrected chi connectivity index (χ3v) is 2.66. The molecule has 1 N–H and O–H groups in total. The van der Waals surface area contributed by atoms with Crippen LogP contribution in [0.5, 0.6) is 0 Å². The molecule has 0 spiro atoms. The highest BCUT2D eigenvalue weighted by atomic mass is 19.4. The molecule has 0 unspecified atom stereocenters. The lowest BCUT2D eigenvalue weighted by Gasteiger charge is -2.16. The maximum Gasteiger partial charge on any atom is 0.401 e. The SMILES string of the molecule is CCCNCc1oc(CN(C)CC(F)(F)F)cc1C. The van der Waals surface area contributed by atoms with Gasteiger partial charge in [-0.2, -0.15) is 13.2 Å². The average molecular weight is 278 g/mol. The summed E-state index contributed by atoms with van der Waals surface area (Å²) in [4.78, 5) is 1.20. The van der Waals surface area contributed by atoms with E-state index in [0.29, 0.717) is 12.3 Å². The van der Waals surface area contributed by atoms with Gasteiger partial charge in [-0.15, -0.1) is 0 Å². The van der Waals surface area contributed by atoms with Crippen LogP contribution >= 0.6 is 0 Å². The van der Waals surface area contributed by atoms with Crippen molar-refractivity contribution < 1.29 is 17.6 Å². The Morgan fingerprint density at radius 1 is 1.37 bits per heavy atom. The first-order valence-electron chi connectivity index (χ1n) is 6.36. The monoisotopic (exact) mass is 278 g/mol. The summed E-state index contributed by atoms with van der Waals surface area (Å²) in [5.41, 5.74) is 0.971. The number of alkyl halides is 3. The molecule has 110 valence electrons. The van der Waals surface area contributed by atoms with Crippen molar-refractivity contribution in [2.45, 2.75) is 39.5 Å². The van der Waals surface area contributed by atoms with E-state index in [1.54, 1.807) is 6.07 Å². The predicted octanol–water partition coefficient (Wildman–Crippen LogP) is 3.08. The summed E-state index contributed by atoms with van der Waals surface area (Å²) in [5.74, 6) is 1.36. The normalized spacial score (nSPS) is 12.4. The van der Waals surface area contributed by atoms with E-state index < -0.39 is 12.7 Å². The first kappa shape index (κ1) is 16.0. The van der Waals surface area contributed by atoms with Gasteiger partial charge in [0.2, 0.25) is 0 Å². The molecule has 1 heterocycles. The number of rotatable bonds is 7. The van der Waals surface area contributed by atoms with Gasteiger partial charge in [0.15, 0.2) is 0 Å². The molecule has 0 atom stereocenters. The summed E-state index contributed by atoms with van der Waals surface area (Å²) >= 11 is 0. The van der Waals surface area contributed by atoms with Crippen molar-refractivity contribution >= 4 is 0 Å². The zero-order valence-electron chi connectivity index (χ0n) is 11.6. The van der Waals surface area contributed by atoms with Crippen LogP contribution in [0.4, 0.5) is 13.2 Å². The van der Waals surface area contributed by atoms with Crippen LogP contribution in [0, 0.1) is 6.92 Å². The molecule has 0 fully saturated rings. The quantitative estimate of drug-likeness (QED) is 0.777. The summed E-state index contributed by atoms with van der Waals surface area (Å²) in [6.45, 7) is 4.70. The zero-order chi connectivity index (χ0) is 14.5. The van der Waals surface area contributed by atoms with Crippen LogP contribution in [-0.2, 0) is 13.1 Å². The minimum atomic E-state index is -4.18. The molecule has 3 nitrogen and oxygen atoms in total. The van der Waals surface area contributed by atoms with E-state index in [4.69, 9.17) is 4.42 Å². The first-order valence-corrected chi connectivity index (χ1v) is 6.36. The highest BCUT2D eigenvalue weighted by Gasteiger charge is 2.29. The molecule has 6 heteroatoms. The number of nitrogens with one attached hydrogen (secondary N) is 1. The lowest BCUT2D eigenvalue weighted by atomic mass is 10.2. The molecule has 1 rings (SSSR count). The molecule has 1 aromatic rings. The highest BCUT2D eigenvalue weighted by Crippen LogP contribution is 2.19. The Balaban J connectivity index is 2.53. The minimum absolute atomic E-state index is 0.161. The third kappa shape index (κ3) is 6.11. The molecule has 0 saturated heterocycles. The lowest BCUT2D eigenvalue weighted by Crippen LogP contribution is -2.30. The largest absolute Gasteiger partial charge is 0.463 e. The van der Waals surface area contributed by atoms with E-state index in [1.165, 1.54) is 11.9 Å². The van der Waals surface area contributed by atoms with Crippen LogP contribution in [0.3, 0.4) is 0 Å². The number of aryl methyl sites for hydroxylation is 1. The molecule has 0 radical (unpaired) electrons. The van der Waals surface area contributed by atoms with Crippen molar-refractivity contribution in [2.24, 2.45) is 0 Å². The third-order valence-electron chi connectivity index (χ3n) is 2.66. The number of hydrogen-bond acceptors (Lipinski definition) is 3. The predicted molar refractivity (Wildman–Crippen MR) is 67.8 cm³/mol. The Bertz CT molecular complexity index is 388. The molecule has 0 aliphatic heterocycles. The molecule has 0 saturated carbocycles. The van der Waals surface area contributed by atoms with Crippen molar-refractivity contribution in [3.8, 4) is 0 Å². The van der Waals surface area contributed by atoms with Gasteiger partial charge < -0.3 is 9.73 Å². The Kier molecular flexibility index (Phi) is 5.87. The number of furan rings is 1. The highest BCUT2D eigenvalue weighted by molar-refractivity contribution is 5.20. The fourth-order valence-electron chi connectivity index (χ4n) is 1.85. The fourth-order valence-corrected chi connectivity index (χ4v) is 1.85. The van der Waals surface area contributed by atoms with E-state index in [2.05, 4.69) is 12.2 Å². The van der Waals surface area contributed by atoms with E-state index in [0.717, 1.165) is 24.3 Å².